The maximum atomic E-state index is 14.1. The quantitative estimate of drug-likeness (QED) is 0.931. The molecule has 0 aliphatic heterocycles. The number of benzene rings is 1. The van der Waals surface area contributed by atoms with Gasteiger partial charge in [-0.3, -0.25) is 0 Å². The van der Waals surface area contributed by atoms with E-state index in [-0.39, 0.29) is 5.82 Å². The molecule has 3 rings (SSSR count). The minimum atomic E-state index is -0.283. The van der Waals surface area contributed by atoms with Crippen LogP contribution in [0.4, 0.5) is 4.39 Å². The van der Waals surface area contributed by atoms with E-state index in [0.717, 1.165) is 5.56 Å². The summed E-state index contributed by atoms with van der Waals surface area (Å²) >= 11 is 6.00. The van der Waals surface area contributed by atoms with E-state index in [0.29, 0.717) is 29.0 Å². The summed E-state index contributed by atoms with van der Waals surface area (Å²) in [5.74, 6) is -0.283. The molecule has 100 valence electrons. The van der Waals surface area contributed by atoms with Gasteiger partial charge in [0.05, 0.1) is 10.7 Å². The molecule has 1 N–H and O–H groups in total. The molecule has 2 aromatic rings. The first-order chi connectivity index (χ1) is 9.15. The van der Waals surface area contributed by atoms with Gasteiger partial charge in [-0.15, -0.1) is 0 Å². The van der Waals surface area contributed by atoms with Gasteiger partial charge in [0.2, 0.25) is 0 Å². The van der Waals surface area contributed by atoms with Gasteiger partial charge >= 0.3 is 0 Å². The maximum absolute atomic E-state index is 14.1. The second kappa shape index (κ2) is 4.94. The highest BCUT2D eigenvalue weighted by Crippen LogP contribution is 2.24. The third kappa shape index (κ3) is 2.65. The van der Waals surface area contributed by atoms with Crippen LogP contribution >= 0.6 is 11.6 Å². The minimum absolute atomic E-state index is 0.283. The van der Waals surface area contributed by atoms with E-state index >= 15 is 0 Å². The number of halogens is 2. The van der Waals surface area contributed by atoms with Gasteiger partial charge in [-0.25, -0.2) is 9.07 Å². The van der Waals surface area contributed by atoms with Gasteiger partial charge in [-0.1, -0.05) is 23.7 Å². The molecule has 0 bridgehead atoms. The lowest BCUT2D eigenvalue weighted by molar-refractivity contribution is 0.599. The lowest BCUT2D eigenvalue weighted by Crippen LogP contribution is -2.17. The van der Waals surface area contributed by atoms with Crippen molar-refractivity contribution in [2.75, 3.05) is 0 Å². The van der Waals surface area contributed by atoms with E-state index in [2.05, 4.69) is 10.4 Å². The van der Waals surface area contributed by atoms with Crippen LogP contribution in [0.3, 0.4) is 0 Å². The fraction of sp³-hybridized carbons (Fsp3) is 0.357. The van der Waals surface area contributed by atoms with Crippen molar-refractivity contribution >= 4 is 11.6 Å². The first-order valence-corrected chi connectivity index (χ1v) is 6.76. The Morgan fingerprint density at radius 1 is 1.47 bits per heavy atom. The van der Waals surface area contributed by atoms with Crippen LogP contribution in [0, 0.1) is 12.7 Å². The molecule has 1 heterocycles. The topological polar surface area (TPSA) is 29.9 Å². The molecule has 5 heteroatoms. The summed E-state index contributed by atoms with van der Waals surface area (Å²) in [6.07, 6.45) is 4.06. The molecule has 19 heavy (non-hydrogen) atoms. The summed E-state index contributed by atoms with van der Waals surface area (Å²) < 4.78 is 15.6. The number of para-hydroxylation sites is 1. The van der Waals surface area contributed by atoms with Gasteiger partial charge in [0.25, 0.3) is 0 Å². The molecule has 0 radical (unpaired) electrons. The van der Waals surface area contributed by atoms with Gasteiger partial charge < -0.3 is 5.32 Å². The Labute approximate surface area is 116 Å². The fourth-order valence-corrected chi connectivity index (χ4v) is 2.18. The van der Waals surface area contributed by atoms with Crippen LogP contribution in [-0.2, 0) is 6.54 Å². The van der Waals surface area contributed by atoms with Crippen LogP contribution in [0.15, 0.2) is 24.4 Å². The second-order valence-corrected chi connectivity index (χ2v) is 5.32. The Balaban J connectivity index is 1.97. The SMILES string of the molecule is Cc1nn(-c2c(F)cccc2CNC2CC2)cc1Cl. The number of rotatable bonds is 4. The Morgan fingerprint density at radius 2 is 2.26 bits per heavy atom. The molecule has 3 nitrogen and oxygen atoms in total. The minimum Gasteiger partial charge on any atom is -0.310 e. The summed E-state index contributed by atoms with van der Waals surface area (Å²) in [5, 5.41) is 8.20. The molecular formula is C14H15ClFN3. The lowest BCUT2D eigenvalue weighted by atomic mass is 10.1. The molecule has 1 aromatic carbocycles. The number of hydrogen-bond donors (Lipinski definition) is 1. The van der Waals surface area contributed by atoms with E-state index in [1.165, 1.54) is 23.6 Å². The first kappa shape index (κ1) is 12.6. The van der Waals surface area contributed by atoms with E-state index in [1.807, 2.05) is 13.0 Å². The van der Waals surface area contributed by atoms with Crippen molar-refractivity contribution in [3.63, 3.8) is 0 Å². The van der Waals surface area contributed by atoms with Gasteiger partial charge in [-0.05, 0) is 31.4 Å². The highest BCUT2D eigenvalue weighted by Gasteiger charge is 2.21. The second-order valence-electron chi connectivity index (χ2n) is 4.91. The molecule has 0 saturated heterocycles. The zero-order valence-corrected chi connectivity index (χ0v) is 11.4. The smallest absolute Gasteiger partial charge is 0.149 e. The fourth-order valence-electron chi connectivity index (χ4n) is 2.05. The molecule has 0 amide bonds. The van der Waals surface area contributed by atoms with E-state index in [4.69, 9.17) is 11.6 Å². The Bertz CT molecular complexity index is 585. The number of nitrogens with one attached hydrogen (secondary N) is 1. The summed E-state index contributed by atoms with van der Waals surface area (Å²) in [7, 11) is 0. The van der Waals surface area contributed by atoms with Crippen molar-refractivity contribution in [2.45, 2.75) is 32.4 Å². The van der Waals surface area contributed by atoms with Crippen LogP contribution in [0.2, 0.25) is 5.02 Å². The van der Waals surface area contributed by atoms with Crippen molar-refractivity contribution in [1.82, 2.24) is 15.1 Å². The number of aryl methyl sites for hydroxylation is 1. The predicted molar refractivity (Wildman–Crippen MR) is 73.1 cm³/mol. The van der Waals surface area contributed by atoms with Crippen molar-refractivity contribution < 1.29 is 4.39 Å². The van der Waals surface area contributed by atoms with Gasteiger partial charge in [0.15, 0.2) is 0 Å². The standard InChI is InChI=1S/C14H15ClFN3/c1-9-12(15)8-19(18-9)14-10(3-2-4-13(14)16)7-17-11-5-6-11/h2-4,8,11,17H,5-7H2,1H3. The Kier molecular flexibility index (Phi) is 3.29. The van der Waals surface area contributed by atoms with Crippen molar-refractivity contribution in [1.29, 1.82) is 0 Å². The molecule has 1 aromatic heterocycles. The summed E-state index contributed by atoms with van der Waals surface area (Å²) in [6, 6.07) is 5.67. The lowest BCUT2D eigenvalue weighted by Gasteiger charge is -2.11. The molecule has 1 fully saturated rings. The number of hydrogen-bond acceptors (Lipinski definition) is 2. The first-order valence-electron chi connectivity index (χ1n) is 6.38. The predicted octanol–water partition coefficient (Wildman–Crippen LogP) is 3.23. The van der Waals surface area contributed by atoms with E-state index in [9.17, 15) is 4.39 Å². The van der Waals surface area contributed by atoms with Crippen LogP contribution < -0.4 is 5.32 Å². The van der Waals surface area contributed by atoms with Gasteiger partial charge in [0, 0.05) is 18.8 Å². The summed E-state index contributed by atoms with van der Waals surface area (Å²) in [4.78, 5) is 0. The monoisotopic (exact) mass is 279 g/mol. The molecule has 0 spiro atoms. The third-order valence-corrected chi connectivity index (χ3v) is 3.67. The average Bonchev–Trinajstić information content (AvgIpc) is 3.14. The average molecular weight is 280 g/mol. The normalized spacial score (nSPS) is 14.9. The van der Waals surface area contributed by atoms with Crippen molar-refractivity contribution in [3.05, 3.63) is 46.5 Å². The Morgan fingerprint density at radius 3 is 2.89 bits per heavy atom. The zero-order valence-electron chi connectivity index (χ0n) is 10.7. The summed E-state index contributed by atoms with van der Waals surface area (Å²) in [5.41, 5.74) is 2.07. The summed E-state index contributed by atoms with van der Waals surface area (Å²) in [6.45, 7) is 2.45. The Hall–Kier alpha value is -1.39. The number of nitrogens with zero attached hydrogens (tertiary/aromatic N) is 2. The van der Waals surface area contributed by atoms with Crippen molar-refractivity contribution in [3.8, 4) is 5.69 Å². The molecule has 1 aliphatic carbocycles. The molecule has 0 atom stereocenters. The highest BCUT2D eigenvalue weighted by molar-refractivity contribution is 6.31. The maximum Gasteiger partial charge on any atom is 0.149 e. The van der Waals surface area contributed by atoms with Gasteiger partial charge in [0.1, 0.15) is 11.5 Å². The van der Waals surface area contributed by atoms with E-state index in [1.54, 1.807) is 12.3 Å². The zero-order chi connectivity index (χ0) is 13.4. The van der Waals surface area contributed by atoms with Crippen molar-refractivity contribution in [2.24, 2.45) is 0 Å². The molecule has 1 saturated carbocycles. The van der Waals surface area contributed by atoms with Gasteiger partial charge in [-0.2, -0.15) is 5.10 Å². The highest BCUT2D eigenvalue weighted by atomic mass is 35.5. The van der Waals surface area contributed by atoms with E-state index < -0.39 is 0 Å². The van der Waals surface area contributed by atoms with Crippen LogP contribution in [-0.4, -0.2) is 15.8 Å². The largest absolute Gasteiger partial charge is 0.310 e. The van der Waals surface area contributed by atoms with Crippen LogP contribution in [0.5, 0.6) is 0 Å². The number of aromatic nitrogens is 2. The molecule has 1 aliphatic rings. The van der Waals surface area contributed by atoms with Crippen LogP contribution in [0.25, 0.3) is 5.69 Å². The molecular weight excluding hydrogens is 265 g/mol. The molecule has 0 unspecified atom stereocenters. The third-order valence-electron chi connectivity index (χ3n) is 3.30. The van der Waals surface area contributed by atoms with Crippen LogP contribution in [0.1, 0.15) is 24.1 Å².